The summed E-state index contributed by atoms with van der Waals surface area (Å²) in [6.45, 7) is 0.839. The van der Waals surface area contributed by atoms with Crippen molar-refractivity contribution in [3.05, 3.63) is 35.4 Å². The van der Waals surface area contributed by atoms with Crippen LogP contribution in [0.3, 0.4) is 0 Å². The maximum Gasteiger partial charge on any atom is 0.0894 e. The van der Waals surface area contributed by atoms with E-state index in [0.717, 1.165) is 19.4 Å². The molecule has 1 aromatic carbocycles. The fourth-order valence-corrected chi connectivity index (χ4v) is 2.64. The molecule has 0 aliphatic heterocycles. The first-order valence-electron chi connectivity index (χ1n) is 6.79. The van der Waals surface area contributed by atoms with Crippen LogP contribution in [-0.2, 0) is 6.42 Å². The van der Waals surface area contributed by atoms with Crippen molar-refractivity contribution in [1.29, 1.82) is 0 Å². The van der Waals surface area contributed by atoms with Gasteiger partial charge in [0, 0.05) is 6.04 Å². The molecule has 0 spiro atoms. The lowest BCUT2D eigenvalue weighted by molar-refractivity contribution is 0.428. The van der Waals surface area contributed by atoms with Gasteiger partial charge in [0.05, 0.1) is 6.67 Å². The summed E-state index contributed by atoms with van der Waals surface area (Å²) in [7, 11) is 0. The molecule has 0 heterocycles. The Bertz CT molecular complexity index is 337. The van der Waals surface area contributed by atoms with Crippen molar-refractivity contribution >= 4 is 0 Å². The molecule has 1 atom stereocenters. The van der Waals surface area contributed by atoms with Crippen LogP contribution >= 0.6 is 0 Å². The molecule has 2 rings (SSSR count). The SMILES string of the molecule is FCCCCCNC1CCCc2ccccc21. The molecule has 1 aromatic rings. The van der Waals surface area contributed by atoms with Crippen molar-refractivity contribution in [1.82, 2.24) is 5.32 Å². The minimum absolute atomic E-state index is 0.174. The van der Waals surface area contributed by atoms with Crippen LogP contribution in [0.1, 0.15) is 49.3 Å². The largest absolute Gasteiger partial charge is 0.310 e. The number of halogens is 1. The van der Waals surface area contributed by atoms with Crippen LogP contribution < -0.4 is 5.32 Å². The van der Waals surface area contributed by atoms with E-state index >= 15 is 0 Å². The number of fused-ring (bicyclic) bond motifs is 1. The molecule has 1 N–H and O–H groups in total. The van der Waals surface area contributed by atoms with E-state index in [9.17, 15) is 4.39 Å². The first kappa shape index (κ1) is 12.6. The molecule has 1 nitrogen and oxygen atoms in total. The minimum atomic E-state index is -0.174. The van der Waals surface area contributed by atoms with Gasteiger partial charge in [0.1, 0.15) is 0 Å². The van der Waals surface area contributed by atoms with E-state index in [4.69, 9.17) is 0 Å². The monoisotopic (exact) mass is 235 g/mol. The highest BCUT2D eigenvalue weighted by Crippen LogP contribution is 2.29. The molecule has 1 unspecified atom stereocenters. The quantitative estimate of drug-likeness (QED) is 0.740. The minimum Gasteiger partial charge on any atom is -0.310 e. The number of hydrogen-bond donors (Lipinski definition) is 1. The van der Waals surface area contributed by atoms with E-state index < -0.39 is 0 Å². The van der Waals surface area contributed by atoms with Gasteiger partial charge in [-0.2, -0.15) is 0 Å². The smallest absolute Gasteiger partial charge is 0.0894 e. The maximum absolute atomic E-state index is 12.0. The lowest BCUT2D eigenvalue weighted by Gasteiger charge is -2.26. The molecule has 0 saturated heterocycles. The van der Waals surface area contributed by atoms with Gasteiger partial charge < -0.3 is 5.32 Å². The van der Waals surface area contributed by atoms with Crippen LogP contribution in [0.2, 0.25) is 0 Å². The van der Waals surface area contributed by atoms with Gasteiger partial charge in [-0.3, -0.25) is 4.39 Å². The third kappa shape index (κ3) is 3.53. The number of nitrogens with one attached hydrogen (secondary N) is 1. The molecule has 1 aliphatic rings. The zero-order valence-corrected chi connectivity index (χ0v) is 10.4. The van der Waals surface area contributed by atoms with Crippen LogP contribution in [0.25, 0.3) is 0 Å². The fourth-order valence-electron chi connectivity index (χ4n) is 2.64. The fraction of sp³-hybridized carbons (Fsp3) is 0.600. The Hall–Kier alpha value is -0.890. The van der Waals surface area contributed by atoms with Crippen LogP contribution in [0.4, 0.5) is 4.39 Å². The third-order valence-electron chi connectivity index (χ3n) is 3.57. The average Bonchev–Trinajstić information content (AvgIpc) is 2.39. The molecule has 0 aromatic heterocycles. The van der Waals surface area contributed by atoms with Gasteiger partial charge >= 0.3 is 0 Å². The van der Waals surface area contributed by atoms with Crippen molar-refractivity contribution in [3.63, 3.8) is 0 Å². The summed E-state index contributed by atoms with van der Waals surface area (Å²) < 4.78 is 12.0. The van der Waals surface area contributed by atoms with Crippen LogP contribution in [0, 0.1) is 0 Å². The molecular weight excluding hydrogens is 213 g/mol. The maximum atomic E-state index is 12.0. The first-order valence-corrected chi connectivity index (χ1v) is 6.79. The number of alkyl halides is 1. The highest BCUT2D eigenvalue weighted by atomic mass is 19.1. The van der Waals surface area contributed by atoms with Crippen LogP contribution in [-0.4, -0.2) is 13.2 Å². The molecule has 0 radical (unpaired) electrons. The number of aryl methyl sites for hydroxylation is 1. The molecule has 0 bridgehead atoms. The normalized spacial score (nSPS) is 19.0. The van der Waals surface area contributed by atoms with Crippen molar-refractivity contribution < 1.29 is 4.39 Å². The van der Waals surface area contributed by atoms with Gasteiger partial charge in [0.15, 0.2) is 0 Å². The van der Waals surface area contributed by atoms with E-state index in [1.165, 1.54) is 30.4 Å². The number of hydrogen-bond acceptors (Lipinski definition) is 1. The number of rotatable bonds is 6. The number of benzene rings is 1. The Morgan fingerprint density at radius 3 is 2.94 bits per heavy atom. The van der Waals surface area contributed by atoms with Gasteiger partial charge in [-0.05, 0) is 56.2 Å². The Balaban J connectivity index is 1.82. The van der Waals surface area contributed by atoms with E-state index in [2.05, 4.69) is 29.6 Å². The Labute approximate surface area is 103 Å². The lowest BCUT2D eigenvalue weighted by atomic mass is 9.88. The Morgan fingerprint density at radius 2 is 2.06 bits per heavy atom. The van der Waals surface area contributed by atoms with Crippen LogP contribution in [0.15, 0.2) is 24.3 Å². The summed E-state index contributed by atoms with van der Waals surface area (Å²) in [5.41, 5.74) is 2.98. The second-order valence-corrected chi connectivity index (χ2v) is 4.85. The van der Waals surface area contributed by atoms with Gasteiger partial charge in [0.2, 0.25) is 0 Å². The summed E-state index contributed by atoms with van der Waals surface area (Å²) in [5, 5.41) is 3.61. The molecule has 94 valence electrons. The van der Waals surface area contributed by atoms with E-state index in [0.29, 0.717) is 12.5 Å². The average molecular weight is 235 g/mol. The van der Waals surface area contributed by atoms with Crippen molar-refractivity contribution in [3.8, 4) is 0 Å². The van der Waals surface area contributed by atoms with Gasteiger partial charge in [-0.15, -0.1) is 0 Å². The Kier molecular flexibility index (Phi) is 4.99. The zero-order chi connectivity index (χ0) is 11.9. The lowest BCUT2D eigenvalue weighted by Crippen LogP contribution is -2.26. The second kappa shape index (κ2) is 6.75. The van der Waals surface area contributed by atoms with Gasteiger partial charge in [0.25, 0.3) is 0 Å². The van der Waals surface area contributed by atoms with E-state index in [1.807, 2.05) is 0 Å². The van der Waals surface area contributed by atoms with Gasteiger partial charge in [-0.1, -0.05) is 24.3 Å². The standard InChI is InChI=1S/C15H22FN/c16-11-4-1-5-12-17-15-10-6-8-13-7-2-3-9-14(13)15/h2-3,7,9,15,17H,1,4-6,8,10-12H2. The summed E-state index contributed by atoms with van der Waals surface area (Å²) in [6, 6.07) is 9.26. The summed E-state index contributed by atoms with van der Waals surface area (Å²) in [6.07, 6.45) is 6.53. The third-order valence-corrected chi connectivity index (χ3v) is 3.57. The summed E-state index contributed by atoms with van der Waals surface area (Å²) in [5.74, 6) is 0. The van der Waals surface area contributed by atoms with Gasteiger partial charge in [-0.25, -0.2) is 0 Å². The van der Waals surface area contributed by atoms with E-state index in [1.54, 1.807) is 0 Å². The van der Waals surface area contributed by atoms with E-state index in [-0.39, 0.29) is 6.67 Å². The molecule has 0 fully saturated rings. The molecular formula is C15H22FN. The summed E-state index contributed by atoms with van der Waals surface area (Å²) >= 11 is 0. The topological polar surface area (TPSA) is 12.0 Å². The van der Waals surface area contributed by atoms with Crippen molar-refractivity contribution in [2.45, 2.75) is 44.6 Å². The highest BCUT2D eigenvalue weighted by molar-refractivity contribution is 5.32. The molecule has 17 heavy (non-hydrogen) atoms. The van der Waals surface area contributed by atoms with Crippen LogP contribution in [0.5, 0.6) is 0 Å². The molecule has 1 aliphatic carbocycles. The number of unbranched alkanes of at least 4 members (excludes halogenated alkanes) is 2. The Morgan fingerprint density at radius 1 is 1.18 bits per heavy atom. The van der Waals surface area contributed by atoms with Crippen molar-refractivity contribution in [2.75, 3.05) is 13.2 Å². The predicted octanol–water partition coefficient (Wildman–Crippen LogP) is 3.79. The zero-order valence-electron chi connectivity index (χ0n) is 10.4. The highest BCUT2D eigenvalue weighted by Gasteiger charge is 2.18. The van der Waals surface area contributed by atoms with Crippen molar-refractivity contribution in [2.24, 2.45) is 0 Å². The molecule has 0 saturated carbocycles. The predicted molar refractivity (Wildman–Crippen MR) is 69.9 cm³/mol. The molecule has 0 amide bonds. The first-order chi connectivity index (χ1) is 8.42. The molecule has 2 heteroatoms. The summed E-state index contributed by atoms with van der Waals surface area (Å²) in [4.78, 5) is 0. The second-order valence-electron chi connectivity index (χ2n) is 4.85.